The maximum atomic E-state index is 8.51. The normalized spacial score (nSPS) is 11.7. The molecule has 0 aliphatic rings. The first-order chi connectivity index (χ1) is 9.63. The smallest absolute Gasteiger partial charge is 0.0813 e. The molecular formula is C15H37Cl3N2O3. The van der Waals surface area contributed by atoms with E-state index in [0.717, 1.165) is 3.94 Å². The van der Waals surface area contributed by atoms with Crippen molar-refractivity contribution in [2.24, 2.45) is 5.73 Å². The lowest BCUT2D eigenvalue weighted by Crippen LogP contribution is -2.32. The van der Waals surface area contributed by atoms with E-state index >= 15 is 0 Å². The number of aliphatic hydroxyl groups is 2. The van der Waals surface area contributed by atoms with Crippen molar-refractivity contribution in [2.75, 3.05) is 13.2 Å². The summed E-state index contributed by atoms with van der Waals surface area (Å²) in [5, 5.41) is 16.8. The highest BCUT2D eigenvalue weighted by molar-refractivity contribution is 6.34. The summed E-state index contributed by atoms with van der Waals surface area (Å²) in [5.41, 5.74) is 4.76. The Bertz CT molecular complexity index is 253. The van der Waals surface area contributed by atoms with Crippen molar-refractivity contribution in [2.45, 2.75) is 85.4 Å². The van der Waals surface area contributed by atoms with Gasteiger partial charge in [0.1, 0.15) is 0 Å². The Kier molecular flexibility index (Phi) is 20.5. The Morgan fingerprint density at radius 3 is 1.26 bits per heavy atom. The van der Waals surface area contributed by atoms with Crippen molar-refractivity contribution in [1.29, 1.82) is 0 Å². The van der Waals surface area contributed by atoms with E-state index in [0.29, 0.717) is 12.8 Å². The summed E-state index contributed by atoms with van der Waals surface area (Å²) in [6.45, 7) is 13.4. The van der Waals surface area contributed by atoms with Crippen LogP contribution in [0.15, 0.2) is 0 Å². The monoisotopic (exact) mass is 398 g/mol. The number of rotatable bonds is 5. The maximum Gasteiger partial charge on any atom is 0.0813 e. The maximum absolute atomic E-state index is 8.51. The Morgan fingerprint density at radius 1 is 0.913 bits per heavy atom. The minimum atomic E-state index is -0.335. The Morgan fingerprint density at radius 2 is 1.22 bits per heavy atom. The molecule has 0 aliphatic carbocycles. The highest BCUT2D eigenvalue weighted by Gasteiger charge is 2.23. The van der Waals surface area contributed by atoms with Crippen LogP contribution in [0.5, 0.6) is 0 Å². The molecule has 5 nitrogen and oxygen atoms in total. The van der Waals surface area contributed by atoms with Gasteiger partial charge in [-0.1, -0.05) is 7.43 Å². The van der Waals surface area contributed by atoms with Crippen LogP contribution in [0, 0.1) is 0 Å². The zero-order valence-electron chi connectivity index (χ0n) is 14.8. The minimum absolute atomic E-state index is 0. The zero-order chi connectivity index (χ0) is 18.6. The van der Waals surface area contributed by atoms with Crippen LogP contribution in [0.1, 0.15) is 68.7 Å². The van der Waals surface area contributed by atoms with Gasteiger partial charge in [-0.25, -0.2) is 0 Å². The van der Waals surface area contributed by atoms with Gasteiger partial charge in [0.25, 0.3) is 0 Å². The molecule has 0 atom stereocenters. The number of hydrogen-bond donors (Lipinski definition) is 3. The third-order valence-electron chi connectivity index (χ3n) is 2.17. The molecule has 0 bridgehead atoms. The van der Waals surface area contributed by atoms with Crippen LogP contribution < -0.4 is 5.73 Å². The molecule has 0 rings (SSSR count). The second kappa shape index (κ2) is 15.0. The van der Waals surface area contributed by atoms with E-state index in [9.17, 15) is 0 Å². The minimum Gasteiger partial charge on any atom is -0.396 e. The van der Waals surface area contributed by atoms with E-state index in [2.05, 4.69) is 4.29 Å². The van der Waals surface area contributed by atoms with Gasteiger partial charge in [-0.3, -0.25) is 4.29 Å². The summed E-state index contributed by atoms with van der Waals surface area (Å²) in [7, 11) is 0. The predicted molar refractivity (Wildman–Crippen MR) is 103 cm³/mol. The van der Waals surface area contributed by atoms with E-state index in [1.165, 1.54) is 0 Å². The summed E-state index contributed by atoms with van der Waals surface area (Å²) in [6.07, 6.45) is 1.24. The van der Waals surface area contributed by atoms with Crippen LogP contribution in [0.4, 0.5) is 0 Å². The fourth-order valence-corrected chi connectivity index (χ4v) is 0.815. The second-order valence-corrected chi connectivity index (χ2v) is 8.17. The van der Waals surface area contributed by atoms with Gasteiger partial charge in [0.05, 0.1) is 17.5 Å². The van der Waals surface area contributed by atoms with Crippen molar-refractivity contribution in [3.63, 3.8) is 0 Å². The highest BCUT2D eigenvalue weighted by Crippen LogP contribution is 2.22. The topological polar surface area (TPSA) is 79.0 Å². The van der Waals surface area contributed by atoms with Gasteiger partial charge >= 0.3 is 0 Å². The van der Waals surface area contributed by atoms with E-state index in [4.69, 9.17) is 51.4 Å². The second-order valence-electron chi connectivity index (χ2n) is 7.17. The van der Waals surface area contributed by atoms with E-state index in [1.54, 1.807) is 0 Å². The molecule has 0 saturated heterocycles. The Labute approximate surface area is 158 Å². The van der Waals surface area contributed by atoms with Crippen LogP contribution in [0.25, 0.3) is 0 Å². The third-order valence-corrected chi connectivity index (χ3v) is 3.55. The van der Waals surface area contributed by atoms with Gasteiger partial charge < -0.3 is 15.9 Å². The highest BCUT2D eigenvalue weighted by atomic mass is 35.5. The molecule has 146 valence electrons. The average Bonchev–Trinajstić information content (AvgIpc) is 2.27. The summed E-state index contributed by atoms with van der Waals surface area (Å²) < 4.78 is 5.47. The van der Waals surface area contributed by atoms with Crippen molar-refractivity contribution in [3.05, 3.63) is 0 Å². The number of nitrogens with zero attached hydrogens (tertiary/aromatic N) is 1. The van der Waals surface area contributed by atoms with Crippen molar-refractivity contribution < 1.29 is 14.5 Å². The van der Waals surface area contributed by atoms with E-state index in [1.807, 2.05) is 48.5 Å². The summed E-state index contributed by atoms with van der Waals surface area (Å²) in [5.74, 6) is 0. The van der Waals surface area contributed by atoms with Crippen LogP contribution >= 0.6 is 35.4 Å². The predicted octanol–water partition coefficient (Wildman–Crippen LogP) is 4.45. The molecule has 0 aromatic carbocycles. The fourth-order valence-electron chi connectivity index (χ4n) is 0.646. The molecule has 0 aromatic heterocycles. The van der Waals surface area contributed by atoms with E-state index < -0.39 is 0 Å². The first-order valence-corrected chi connectivity index (χ1v) is 8.03. The lowest BCUT2D eigenvalue weighted by atomic mass is 10.0. The molecule has 0 spiro atoms. The summed E-state index contributed by atoms with van der Waals surface area (Å²) in [6, 6.07) is 0. The summed E-state index contributed by atoms with van der Waals surface area (Å²) in [4.78, 5) is 0. The lowest BCUT2D eigenvalue weighted by Gasteiger charge is -2.25. The molecular weight excluding hydrogens is 363 g/mol. The SMILES string of the molecule is C.CC(C)(C)OCl.CC(C)(CCO)N(Cl)Cl.CC(C)(N)CCO. The molecule has 0 unspecified atom stereocenters. The first-order valence-electron chi connectivity index (χ1n) is 7.05. The van der Waals surface area contributed by atoms with Crippen molar-refractivity contribution in [3.8, 4) is 0 Å². The van der Waals surface area contributed by atoms with Gasteiger partial charge in [0.2, 0.25) is 0 Å². The molecule has 0 aromatic rings. The van der Waals surface area contributed by atoms with Crippen LogP contribution in [0.2, 0.25) is 0 Å². The number of nitrogens with two attached hydrogens (primary N) is 1. The lowest BCUT2D eigenvalue weighted by molar-refractivity contribution is 0.148. The average molecular weight is 400 g/mol. The van der Waals surface area contributed by atoms with Gasteiger partial charge in [-0.05, 0) is 84.9 Å². The molecule has 23 heavy (non-hydrogen) atoms. The zero-order valence-corrected chi connectivity index (χ0v) is 17.1. The first kappa shape index (κ1) is 31.4. The number of halogens is 3. The number of hydrogen-bond acceptors (Lipinski definition) is 5. The largest absolute Gasteiger partial charge is 0.396 e. The van der Waals surface area contributed by atoms with Crippen LogP contribution in [-0.4, -0.2) is 44.0 Å². The Hall–Kier alpha value is 0.670. The number of aliphatic hydroxyl groups excluding tert-OH is 2. The van der Waals surface area contributed by atoms with Crippen molar-refractivity contribution >= 4 is 35.4 Å². The van der Waals surface area contributed by atoms with Crippen molar-refractivity contribution in [1.82, 2.24) is 3.94 Å². The molecule has 0 heterocycles. The quantitative estimate of drug-likeness (QED) is 0.595. The Balaban J connectivity index is -0.000000118. The fraction of sp³-hybridized carbons (Fsp3) is 1.00. The van der Waals surface area contributed by atoms with Gasteiger partial charge in [-0.15, -0.1) is 3.94 Å². The molecule has 8 heteroatoms. The van der Waals surface area contributed by atoms with Gasteiger partial charge in [0.15, 0.2) is 0 Å². The molecule has 0 radical (unpaired) electrons. The molecule has 0 amide bonds. The van der Waals surface area contributed by atoms with Crippen LogP contribution in [-0.2, 0) is 4.29 Å². The molecule has 4 N–H and O–H groups in total. The van der Waals surface area contributed by atoms with Gasteiger partial charge in [0, 0.05) is 24.3 Å². The van der Waals surface area contributed by atoms with E-state index in [-0.39, 0.29) is 37.3 Å². The van der Waals surface area contributed by atoms with Gasteiger partial charge in [-0.2, -0.15) is 0 Å². The summed E-state index contributed by atoms with van der Waals surface area (Å²) >= 11 is 15.8. The standard InChI is InChI=1S/C5H11Cl2NO.C5H13NO.C4H9ClO.CH4/c1-5(2,3-4-9)8(6)7;1-5(2,6)3-4-7;1-4(2,3)6-5;/h9H,3-4H2,1-2H3;7H,3-4,6H2,1-2H3;1-3H3;1H4. The molecule has 0 aliphatic heterocycles. The molecule has 0 saturated carbocycles. The molecule has 0 fully saturated rings. The third kappa shape index (κ3) is 31.0. The van der Waals surface area contributed by atoms with Crippen LogP contribution in [0.3, 0.4) is 0 Å².